The van der Waals surface area contributed by atoms with Gasteiger partial charge in [0, 0.05) is 17.3 Å². The number of fused-ring (bicyclic) bond motifs is 2. The maximum Gasteiger partial charge on any atom is 0.459 e. The maximum atomic E-state index is 14.2. The molecule has 3 aromatic carbocycles. The molecule has 6 atom stereocenters. The van der Waals surface area contributed by atoms with Crippen LogP contribution in [0.1, 0.15) is 24.9 Å². The molecule has 5 aromatic rings. The second kappa shape index (κ2) is 13.9. The second-order valence-corrected chi connectivity index (χ2v) is 13.1. The third-order valence-electron chi connectivity index (χ3n) is 7.82. The van der Waals surface area contributed by atoms with Crippen molar-refractivity contribution in [3.63, 3.8) is 0 Å². The molecule has 13 nitrogen and oxygen atoms in total. The molecule has 16 heteroatoms. The van der Waals surface area contributed by atoms with Crippen LogP contribution in [0.3, 0.4) is 0 Å². The lowest BCUT2D eigenvalue weighted by Gasteiger charge is -2.26. The topological polar surface area (TPSA) is 173 Å². The second-order valence-electron chi connectivity index (χ2n) is 11.1. The molecule has 6 rings (SSSR count). The number of esters is 1. The van der Waals surface area contributed by atoms with Crippen molar-refractivity contribution in [2.75, 3.05) is 12.3 Å². The molecule has 5 unspecified atom stereocenters. The van der Waals surface area contributed by atoms with Gasteiger partial charge in [0.1, 0.15) is 30.0 Å². The van der Waals surface area contributed by atoms with E-state index in [0.717, 1.165) is 10.9 Å². The Bertz CT molecular complexity index is 1930. The highest BCUT2D eigenvalue weighted by molar-refractivity contribution is 7.52. The molecule has 1 saturated carbocycles. The number of halogens is 2. The zero-order valence-corrected chi connectivity index (χ0v) is 26.6. The Balaban J connectivity index is 1.17. The summed E-state index contributed by atoms with van der Waals surface area (Å²) in [6, 6.07) is 19.9. The molecule has 4 N–H and O–H groups in total. The Labute approximate surface area is 273 Å². The summed E-state index contributed by atoms with van der Waals surface area (Å²) in [6.07, 6.45) is -1.08. The van der Waals surface area contributed by atoms with Gasteiger partial charge in [0.05, 0.1) is 19.0 Å². The van der Waals surface area contributed by atoms with Crippen molar-refractivity contribution in [1.29, 1.82) is 0 Å². The predicted octanol–water partition coefficient (Wildman–Crippen LogP) is 5.33. The summed E-state index contributed by atoms with van der Waals surface area (Å²) in [5.74, 6) is -0.945. The Morgan fingerprint density at radius 2 is 1.89 bits per heavy atom. The number of aromatic nitrogens is 4. The van der Waals surface area contributed by atoms with Crippen LogP contribution < -0.4 is 15.3 Å². The molecule has 0 spiro atoms. The van der Waals surface area contributed by atoms with Crippen LogP contribution in [0.4, 0.5) is 10.3 Å². The number of benzene rings is 3. The molecule has 0 amide bonds. The monoisotopic (exact) mass is 684 g/mol. The first kappa shape index (κ1) is 32.8. The smallest absolute Gasteiger partial charge is 0.459 e. The van der Waals surface area contributed by atoms with Gasteiger partial charge < -0.3 is 24.7 Å². The molecule has 0 radical (unpaired) electrons. The van der Waals surface area contributed by atoms with E-state index in [1.807, 2.05) is 36.4 Å². The number of hydrogen-bond acceptors (Lipinski definition) is 11. The number of aliphatic hydroxyl groups excluding tert-OH is 1. The van der Waals surface area contributed by atoms with Gasteiger partial charge in [-0.1, -0.05) is 66.7 Å². The van der Waals surface area contributed by atoms with E-state index >= 15 is 0 Å². The Morgan fingerprint density at radius 1 is 1.15 bits per heavy atom. The molecule has 1 aliphatic carbocycles. The van der Waals surface area contributed by atoms with E-state index in [9.17, 15) is 19.0 Å². The van der Waals surface area contributed by atoms with Gasteiger partial charge in [-0.15, -0.1) is 0 Å². The van der Waals surface area contributed by atoms with E-state index in [0.29, 0.717) is 23.0 Å². The lowest BCUT2D eigenvalue weighted by Crippen LogP contribution is -2.38. The van der Waals surface area contributed by atoms with Crippen molar-refractivity contribution in [2.45, 2.75) is 44.2 Å². The number of ether oxygens (including phenoxy) is 1. The molecule has 2 aromatic heterocycles. The van der Waals surface area contributed by atoms with Gasteiger partial charge in [-0.2, -0.15) is 20.0 Å². The number of imidazole rings is 1. The normalized spacial score (nSPS) is 19.1. The highest BCUT2D eigenvalue weighted by atomic mass is 35.5. The van der Waals surface area contributed by atoms with Gasteiger partial charge in [-0.05, 0) is 46.5 Å². The van der Waals surface area contributed by atoms with Gasteiger partial charge >= 0.3 is 13.7 Å². The fourth-order valence-corrected chi connectivity index (χ4v) is 7.00. The van der Waals surface area contributed by atoms with Crippen molar-refractivity contribution in [2.24, 2.45) is 5.92 Å². The van der Waals surface area contributed by atoms with Crippen LogP contribution in [-0.4, -0.2) is 55.5 Å². The quantitative estimate of drug-likeness (QED) is 0.0781. The van der Waals surface area contributed by atoms with Crippen LogP contribution in [0.2, 0.25) is 5.28 Å². The number of nitrogens with zero attached hydrogens (tertiary/aromatic N) is 4. The molecular weight excluding hydrogens is 654 g/mol. The summed E-state index contributed by atoms with van der Waals surface area (Å²) in [5.41, 5.74) is 7.36. The summed E-state index contributed by atoms with van der Waals surface area (Å²) >= 11 is 5.97. The molecule has 0 saturated heterocycles. The number of nitrogens with one attached hydrogen (secondary N) is 1. The van der Waals surface area contributed by atoms with Crippen LogP contribution in [-0.2, 0) is 30.2 Å². The van der Waals surface area contributed by atoms with E-state index < -0.39 is 44.5 Å². The molecular formula is C31H31ClFN6O7P. The van der Waals surface area contributed by atoms with Gasteiger partial charge in [0.15, 0.2) is 11.5 Å². The Kier molecular flexibility index (Phi) is 9.69. The molecule has 1 fully saturated rings. The van der Waals surface area contributed by atoms with Crippen molar-refractivity contribution >= 4 is 53.1 Å². The molecule has 1 aliphatic rings. The zero-order valence-electron chi connectivity index (χ0n) is 25.0. The number of nitrogen functional groups attached to an aromatic ring is 1. The van der Waals surface area contributed by atoms with E-state index in [-0.39, 0.29) is 29.5 Å². The van der Waals surface area contributed by atoms with Crippen molar-refractivity contribution in [3.05, 3.63) is 90.0 Å². The number of carbonyl (C=O) groups excluding carboxylic acids is 1. The number of aliphatic hydroxyl groups is 1. The largest absolute Gasteiger partial charge is 0.460 e. The molecule has 2 heterocycles. The summed E-state index contributed by atoms with van der Waals surface area (Å²) in [5, 5.41) is 15.0. The van der Waals surface area contributed by atoms with Gasteiger partial charge in [-0.25, -0.2) is 9.55 Å². The van der Waals surface area contributed by atoms with E-state index in [4.69, 9.17) is 31.1 Å². The Morgan fingerprint density at radius 3 is 2.68 bits per heavy atom. The standard InChI is InChI=1S/C31H31ClFN6O7P/c1-18(30(41)43-15-19-8-3-2-4-9-19)38-47(42,46-24-13-7-11-20-10-5-6-12-21(20)24)44-16-25(45-33)27(40)22-14-23(22)39-17-35-26-28(34)36-31(32)37-29(26)39/h2-13,17-18,22-23,25,27,40H,14-16H2,1H3,(H,38,42)(H2,34,36,37)/t18-,22?,23?,25?,27?,47?/m0/s1. The van der Waals surface area contributed by atoms with Gasteiger partial charge in [-0.3, -0.25) is 9.32 Å². The maximum absolute atomic E-state index is 14.2. The summed E-state index contributed by atoms with van der Waals surface area (Å²) in [6.45, 7) is 0.721. The van der Waals surface area contributed by atoms with Gasteiger partial charge in [0.25, 0.3) is 0 Å². The van der Waals surface area contributed by atoms with Crippen molar-refractivity contribution in [1.82, 2.24) is 24.6 Å². The van der Waals surface area contributed by atoms with Crippen LogP contribution in [0.5, 0.6) is 5.75 Å². The highest BCUT2D eigenvalue weighted by Gasteiger charge is 2.49. The average Bonchev–Trinajstić information content (AvgIpc) is 3.75. The third kappa shape index (κ3) is 7.38. The highest BCUT2D eigenvalue weighted by Crippen LogP contribution is 2.50. The lowest BCUT2D eigenvalue weighted by atomic mass is 10.1. The molecule has 47 heavy (non-hydrogen) atoms. The minimum atomic E-state index is -4.44. The van der Waals surface area contributed by atoms with Crippen LogP contribution in [0.25, 0.3) is 21.9 Å². The van der Waals surface area contributed by atoms with Crippen molar-refractivity contribution in [3.8, 4) is 5.75 Å². The van der Waals surface area contributed by atoms with E-state index in [2.05, 4.69) is 25.0 Å². The minimum Gasteiger partial charge on any atom is -0.460 e. The van der Waals surface area contributed by atoms with E-state index in [1.54, 1.807) is 41.0 Å². The third-order valence-corrected chi connectivity index (χ3v) is 9.62. The number of nitrogens with two attached hydrogens (primary N) is 1. The summed E-state index contributed by atoms with van der Waals surface area (Å²) in [4.78, 5) is 29.3. The van der Waals surface area contributed by atoms with Crippen LogP contribution >= 0.6 is 19.3 Å². The first-order valence-electron chi connectivity index (χ1n) is 14.7. The Hall–Kier alpha value is -4.17. The van der Waals surface area contributed by atoms with Crippen LogP contribution in [0, 0.1) is 5.92 Å². The molecule has 246 valence electrons. The number of carbonyl (C=O) groups is 1. The number of rotatable bonds is 14. The predicted molar refractivity (Wildman–Crippen MR) is 171 cm³/mol. The van der Waals surface area contributed by atoms with Crippen molar-refractivity contribution < 1.29 is 37.7 Å². The minimum absolute atomic E-state index is 0.00935. The number of anilines is 1. The fourth-order valence-electron chi connectivity index (χ4n) is 5.30. The molecule has 0 bridgehead atoms. The first-order valence-corrected chi connectivity index (χ1v) is 16.6. The number of hydrogen-bond donors (Lipinski definition) is 3. The zero-order chi connectivity index (χ0) is 33.1. The first-order chi connectivity index (χ1) is 22.7. The fraction of sp³-hybridized carbons (Fsp3) is 0.290. The average molecular weight is 685 g/mol. The van der Waals surface area contributed by atoms with Crippen LogP contribution in [0.15, 0.2) is 79.1 Å². The molecule has 0 aliphatic heterocycles. The summed E-state index contributed by atoms with van der Waals surface area (Å²) < 4.78 is 46.8. The van der Waals surface area contributed by atoms with Gasteiger partial charge in [0.2, 0.25) is 5.28 Å². The lowest BCUT2D eigenvalue weighted by molar-refractivity contribution is -0.220. The SMILES string of the molecule is C[C@H](NP(=O)(OCC(OF)C(O)C1CC1n1cnc2c(N)nc(Cl)nc21)Oc1cccc2ccccc12)C(=O)OCc1ccccc1. The summed E-state index contributed by atoms with van der Waals surface area (Å²) in [7, 11) is -4.44. The van der Waals surface area contributed by atoms with E-state index in [1.165, 1.54) is 13.3 Å².